The lowest BCUT2D eigenvalue weighted by atomic mass is 9.78. The van der Waals surface area contributed by atoms with Gasteiger partial charge in [-0.25, -0.2) is 8.91 Å². The maximum Gasteiger partial charge on any atom is 0.255 e. The second-order valence-corrected chi connectivity index (χ2v) is 11.1. The highest BCUT2D eigenvalue weighted by Gasteiger charge is 2.40. The SMILES string of the molecule is CC(C)(O)[C@H](F)CNC(=O)c1cnc(-c2ccc3cc(C#N)cnn23)cc1NC1CCC2(CCC(=O)N2)CC1. The van der Waals surface area contributed by atoms with Crippen molar-refractivity contribution >= 4 is 23.0 Å². The molecule has 1 saturated carbocycles. The zero-order valence-electron chi connectivity index (χ0n) is 22.0. The largest absolute Gasteiger partial charge is 0.387 e. The van der Waals surface area contributed by atoms with E-state index in [4.69, 9.17) is 0 Å². The molecule has 1 atom stereocenters. The second-order valence-electron chi connectivity index (χ2n) is 11.1. The number of carbonyl (C=O) groups is 2. The first kappa shape index (κ1) is 26.6. The van der Waals surface area contributed by atoms with Gasteiger partial charge in [-0.3, -0.25) is 14.6 Å². The number of rotatable bonds is 7. The summed E-state index contributed by atoms with van der Waals surface area (Å²) in [5.41, 5.74) is 1.53. The first-order valence-corrected chi connectivity index (χ1v) is 13.2. The van der Waals surface area contributed by atoms with E-state index in [-0.39, 0.29) is 29.6 Å². The molecule has 2 amide bonds. The van der Waals surface area contributed by atoms with Crippen molar-refractivity contribution in [3.05, 3.63) is 47.8 Å². The van der Waals surface area contributed by atoms with Crippen LogP contribution in [0.5, 0.6) is 0 Å². The molecule has 0 radical (unpaired) electrons. The van der Waals surface area contributed by atoms with Gasteiger partial charge < -0.3 is 21.1 Å². The Hall–Kier alpha value is -4.04. The molecule has 3 aromatic heterocycles. The van der Waals surface area contributed by atoms with Crippen molar-refractivity contribution in [1.29, 1.82) is 5.26 Å². The number of carbonyl (C=O) groups excluding carboxylic acids is 2. The minimum atomic E-state index is -1.64. The van der Waals surface area contributed by atoms with Gasteiger partial charge in [-0.05, 0) is 70.2 Å². The Morgan fingerprint density at radius 3 is 2.74 bits per heavy atom. The zero-order valence-corrected chi connectivity index (χ0v) is 22.0. The van der Waals surface area contributed by atoms with Crippen molar-refractivity contribution in [2.75, 3.05) is 11.9 Å². The van der Waals surface area contributed by atoms with E-state index in [0.717, 1.165) is 37.6 Å². The molecule has 1 saturated heterocycles. The van der Waals surface area contributed by atoms with Crippen molar-refractivity contribution in [3.63, 3.8) is 0 Å². The zero-order chi connectivity index (χ0) is 27.8. The number of aliphatic hydroxyl groups is 1. The molecule has 0 aromatic carbocycles. The predicted octanol–water partition coefficient (Wildman–Crippen LogP) is 3.11. The van der Waals surface area contributed by atoms with E-state index >= 15 is 0 Å². The van der Waals surface area contributed by atoms with Gasteiger partial charge in [0, 0.05) is 24.2 Å². The Balaban J connectivity index is 1.41. The first-order chi connectivity index (χ1) is 18.6. The first-order valence-electron chi connectivity index (χ1n) is 13.2. The summed E-state index contributed by atoms with van der Waals surface area (Å²) >= 11 is 0. The van der Waals surface area contributed by atoms with Crippen LogP contribution in [-0.4, -0.2) is 61.4 Å². The summed E-state index contributed by atoms with van der Waals surface area (Å²) in [6.07, 6.45) is 6.02. The lowest BCUT2D eigenvalue weighted by Gasteiger charge is -2.38. The van der Waals surface area contributed by atoms with Crippen LogP contribution in [0.25, 0.3) is 16.9 Å². The number of alkyl halides is 1. The lowest BCUT2D eigenvalue weighted by Crippen LogP contribution is -2.46. The second kappa shape index (κ2) is 10.3. The maximum absolute atomic E-state index is 14.3. The highest BCUT2D eigenvalue weighted by molar-refractivity contribution is 6.00. The summed E-state index contributed by atoms with van der Waals surface area (Å²) in [5, 5.41) is 32.7. The fourth-order valence-electron chi connectivity index (χ4n) is 5.36. The van der Waals surface area contributed by atoms with Crippen LogP contribution in [0.15, 0.2) is 36.7 Å². The molecule has 1 aliphatic heterocycles. The Morgan fingerprint density at radius 2 is 2.08 bits per heavy atom. The third kappa shape index (κ3) is 5.56. The van der Waals surface area contributed by atoms with Crippen LogP contribution in [0, 0.1) is 11.3 Å². The normalized spacial score (nSPS) is 21.9. The number of pyridine rings is 1. The summed E-state index contributed by atoms with van der Waals surface area (Å²) in [7, 11) is 0. The molecule has 2 fully saturated rings. The molecule has 1 aliphatic carbocycles. The summed E-state index contributed by atoms with van der Waals surface area (Å²) in [6.45, 7) is 2.36. The van der Waals surface area contributed by atoms with E-state index in [1.54, 1.807) is 16.6 Å². The van der Waals surface area contributed by atoms with Gasteiger partial charge in [-0.2, -0.15) is 10.4 Å². The number of hydrogen-bond acceptors (Lipinski definition) is 7. The number of anilines is 1. The van der Waals surface area contributed by atoms with Crippen molar-refractivity contribution < 1.29 is 19.1 Å². The minimum Gasteiger partial charge on any atom is -0.387 e. The average Bonchev–Trinajstić information content (AvgIpc) is 3.50. The monoisotopic (exact) mass is 533 g/mol. The topological polar surface area (TPSA) is 144 Å². The fraction of sp³-hybridized carbons (Fsp3) is 0.464. The number of aromatic nitrogens is 3. The van der Waals surface area contributed by atoms with Crippen molar-refractivity contribution in [2.45, 2.75) is 75.7 Å². The van der Waals surface area contributed by atoms with Gasteiger partial charge in [0.1, 0.15) is 12.2 Å². The van der Waals surface area contributed by atoms with E-state index < -0.39 is 17.7 Å². The van der Waals surface area contributed by atoms with Gasteiger partial charge in [-0.1, -0.05) is 0 Å². The number of halogens is 1. The van der Waals surface area contributed by atoms with Gasteiger partial charge >= 0.3 is 0 Å². The van der Waals surface area contributed by atoms with Gasteiger partial charge in [0.25, 0.3) is 5.91 Å². The highest BCUT2D eigenvalue weighted by Crippen LogP contribution is 2.37. The smallest absolute Gasteiger partial charge is 0.255 e. The van der Waals surface area contributed by atoms with Gasteiger partial charge in [-0.15, -0.1) is 0 Å². The van der Waals surface area contributed by atoms with Gasteiger partial charge in [0.2, 0.25) is 5.91 Å². The molecule has 10 nitrogen and oxygen atoms in total. The van der Waals surface area contributed by atoms with E-state index in [9.17, 15) is 24.3 Å². The van der Waals surface area contributed by atoms with Crippen LogP contribution in [0.4, 0.5) is 10.1 Å². The van der Waals surface area contributed by atoms with Gasteiger partial charge in [0.05, 0.1) is 52.1 Å². The summed E-state index contributed by atoms with van der Waals surface area (Å²) in [6, 6.07) is 9.35. The van der Waals surface area contributed by atoms with Crippen LogP contribution in [0.3, 0.4) is 0 Å². The predicted molar refractivity (Wildman–Crippen MR) is 143 cm³/mol. The van der Waals surface area contributed by atoms with Gasteiger partial charge in [0.15, 0.2) is 0 Å². The number of nitrogens with zero attached hydrogens (tertiary/aromatic N) is 4. The average molecular weight is 534 g/mol. The van der Waals surface area contributed by atoms with Crippen LogP contribution in [0.1, 0.15) is 68.3 Å². The highest BCUT2D eigenvalue weighted by atomic mass is 19.1. The molecule has 1 spiro atoms. The molecule has 11 heteroatoms. The summed E-state index contributed by atoms with van der Waals surface area (Å²) < 4.78 is 16.0. The van der Waals surface area contributed by atoms with Crippen LogP contribution < -0.4 is 16.0 Å². The quantitative estimate of drug-likeness (QED) is 0.365. The van der Waals surface area contributed by atoms with Crippen molar-refractivity contribution in [2.24, 2.45) is 0 Å². The molecular formula is C28H32FN7O3. The van der Waals surface area contributed by atoms with E-state index in [2.05, 4.69) is 32.1 Å². The van der Waals surface area contributed by atoms with Crippen LogP contribution in [-0.2, 0) is 4.79 Å². The van der Waals surface area contributed by atoms with E-state index in [1.807, 2.05) is 12.1 Å². The Morgan fingerprint density at radius 1 is 1.31 bits per heavy atom. The molecule has 0 bridgehead atoms. The number of nitriles is 1. The molecule has 0 unspecified atom stereocenters. The van der Waals surface area contributed by atoms with Crippen LogP contribution in [0.2, 0.25) is 0 Å². The lowest BCUT2D eigenvalue weighted by molar-refractivity contribution is -0.120. The number of hydrogen-bond donors (Lipinski definition) is 4. The van der Waals surface area contributed by atoms with Crippen molar-refractivity contribution in [1.82, 2.24) is 25.2 Å². The number of fused-ring (bicyclic) bond motifs is 1. The van der Waals surface area contributed by atoms with E-state index in [0.29, 0.717) is 29.1 Å². The molecule has 4 N–H and O–H groups in total. The Kier molecular flexibility index (Phi) is 6.99. The molecule has 2 aliphatic rings. The molecule has 5 rings (SSSR count). The third-order valence-electron chi connectivity index (χ3n) is 7.79. The number of amides is 2. The third-order valence-corrected chi connectivity index (χ3v) is 7.79. The van der Waals surface area contributed by atoms with Crippen LogP contribution >= 0.6 is 0 Å². The molecular weight excluding hydrogens is 501 g/mol. The Bertz CT molecular complexity index is 1450. The summed E-state index contributed by atoms with van der Waals surface area (Å²) in [4.78, 5) is 29.5. The van der Waals surface area contributed by atoms with E-state index in [1.165, 1.54) is 26.2 Å². The molecule has 204 valence electrons. The molecule has 39 heavy (non-hydrogen) atoms. The minimum absolute atomic E-state index is 0.0700. The van der Waals surface area contributed by atoms with Crippen molar-refractivity contribution in [3.8, 4) is 17.5 Å². The standard InChI is InChI=1S/C28H32FN7O3/c1-27(2,39)24(29)16-32-26(38)20-15-31-22(23-4-3-19-11-17(13-30)14-33-36(19)23)12-21(20)34-18-5-8-28(9-6-18)10-7-25(37)35-28/h3-4,11-12,14-15,18,24,39H,5-10,16H2,1-2H3,(H,31,34)(H,32,38)(H,35,37)/t18?,24-,28?/m1/s1. The molecule has 3 aromatic rings. The summed E-state index contributed by atoms with van der Waals surface area (Å²) in [5.74, 6) is -0.401. The Labute approximate surface area is 225 Å². The fourth-order valence-corrected chi connectivity index (χ4v) is 5.36. The maximum atomic E-state index is 14.3. The molecule has 4 heterocycles. The number of nitrogens with one attached hydrogen (secondary N) is 3.